The molecule has 1 aromatic carbocycles. The number of carboxylic acid groups (broad SMARTS) is 1. The van der Waals surface area contributed by atoms with Crippen LogP contribution in [-0.4, -0.2) is 52.6 Å². The number of ether oxygens (including phenoxy) is 1. The fraction of sp³-hybridized carbons (Fsp3) is 0.526. The molecule has 4 unspecified atom stereocenters. The minimum absolute atomic E-state index is 0.0271. The van der Waals surface area contributed by atoms with Gasteiger partial charge in [-0.05, 0) is 18.4 Å². The Kier molecular flexibility index (Phi) is 4.63. The number of rotatable bonds is 5. The predicted molar refractivity (Wildman–Crippen MR) is 95.1 cm³/mol. The first-order chi connectivity index (χ1) is 12.7. The first-order valence-electron chi connectivity index (χ1n) is 8.84. The maximum absolute atomic E-state index is 12.8. The molecule has 2 heterocycles. The van der Waals surface area contributed by atoms with E-state index in [-0.39, 0.29) is 23.8 Å². The van der Waals surface area contributed by atoms with E-state index in [0.29, 0.717) is 5.56 Å². The minimum Gasteiger partial charge on any atom is -0.504 e. The van der Waals surface area contributed by atoms with Crippen LogP contribution >= 0.6 is 0 Å². The SMILES string of the molecule is COc1cccc(C2NC(CC(C)C)(C(=O)O)C3C(=O)N(C)C(=O)C23)c1O. The molecule has 3 rings (SSSR count). The van der Waals surface area contributed by atoms with Crippen LogP contribution in [0.3, 0.4) is 0 Å². The molecular weight excluding hydrogens is 352 g/mol. The van der Waals surface area contributed by atoms with Crippen LogP contribution in [0, 0.1) is 17.8 Å². The second-order valence-electron chi connectivity index (χ2n) is 7.63. The van der Waals surface area contributed by atoms with Crippen LogP contribution in [-0.2, 0) is 14.4 Å². The second-order valence-corrected chi connectivity index (χ2v) is 7.63. The average Bonchev–Trinajstić information content (AvgIpc) is 3.05. The third kappa shape index (κ3) is 2.66. The van der Waals surface area contributed by atoms with Crippen molar-refractivity contribution in [2.75, 3.05) is 14.2 Å². The van der Waals surface area contributed by atoms with Gasteiger partial charge in [0.1, 0.15) is 5.54 Å². The van der Waals surface area contributed by atoms with Gasteiger partial charge in [-0.15, -0.1) is 0 Å². The summed E-state index contributed by atoms with van der Waals surface area (Å²) >= 11 is 0. The number of likely N-dealkylation sites (tertiary alicyclic amines) is 1. The summed E-state index contributed by atoms with van der Waals surface area (Å²) in [6.45, 7) is 3.73. The number of phenolic OH excluding ortho intramolecular Hbond substituents is 1. The summed E-state index contributed by atoms with van der Waals surface area (Å²) in [6, 6.07) is 4.01. The number of carbonyl (C=O) groups is 3. The van der Waals surface area contributed by atoms with Crippen LogP contribution in [0.25, 0.3) is 0 Å². The van der Waals surface area contributed by atoms with E-state index in [1.807, 2.05) is 13.8 Å². The highest BCUT2D eigenvalue weighted by Crippen LogP contribution is 2.52. The lowest BCUT2D eigenvalue weighted by molar-refractivity contribution is -0.151. The molecule has 4 atom stereocenters. The van der Waals surface area contributed by atoms with E-state index >= 15 is 0 Å². The number of methoxy groups -OCH3 is 1. The minimum atomic E-state index is -1.59. The average molecular weight is 376 g/mol. The summed E-state index contributed by atoms with van der Waals surface area (Å²) in [4.78, 5) is 38.9. The molecule has 8 nitrogen and oxygen atoms in total. The first kappa shape index (κ1) is 19.2. The van der Waals surface area contributed by atoms with Crippen LogP contribution < -0.4 is 10.1 Å². The molecule has 0 aliphatic carbocycles. The Morgan fingerprint density at radius 3 is 2.56 bits per heavy atom. The lowest BCUT2D eigenvalue weighted by atomic mass is 9.75. The third-order valence-corrected chi connectivity index (χ3v) is 5.57. The van der Waals surface area contributed by atoms with Crippen LogP contribution in [0.5, 0.6) is 11.5 Å². The molecule has 3 N–H and O–H groups in total. The van der Waals surface area contributed by atoms with Gasteiger partial charge in [0.15, 0.2) is 11.5 Å². The molecule has 2 saturated heterocycles. The highest BCUT2D eigenvalue weighted by Gasteiger charge is 2.68. The number of para-hydroxylation sites is 1. The van der Waals surface area contributed by atoms with Crippen LogP contribution in [0.2, 0.25) is 0 Å². The number of aliphatic carboxylic acids is 1. The van der Waals surface area contributed by atoms with Gasteiger partial charge in [0.25, 0.3) is 0 Å². The molecule has 2 aliphatic heterocycles. The molecule has 146 valence electrons. The van der Waals surface area contributed by atoms with Gasteiger partial charge in [-0.2, -0.15) is 0 Å². The maximum Gasteiger partial charge on any atom is 0.324 e. The van der Waals surface area contributed by atoms with Crippen molar-refractivity contribution in [2.45, 2.75) is 31.8 Å². The van der Waals surface area contributed by atoms with Crippen molar-refractivity contribution in [3.05, 3.63) is 23.8 Å². The van der Waals surface area contributed by atoms with Crippen molar-refractivity contribution in [3.63, 3.8) is 0 Å². The zero-order valence-electron chi connectivity index (χ0n) is 15.7. The van der Waals surface area contributed by atoms with E-state index < -0.39 is 41.2 Å². The number of nitrogens with one attached hydrogen (secondary N) is 1. The van der Waals surface area contributed by atoms with Gasteiger partial charge < -0.3 is 14.9 Å². The number of imide groups is 1. The van der Waals surface area contributed by atoms with Crippen LogP contribution in [0.1, 0.15) is 31.9 Å². The number of fused-ring (bicyclic) bond motifs is 1. The lowest BCUT2D eigenvalue weighted by Gasteiger charge is -2.32. The normalized spacial score (nSPS) is 30.1. The van der Waals surface area contributed by atoms with Crippen molar-refractivity contribution in [1.82, 2.24) is 10.2 Å². The molecule has 0 radical (unpaired) electrons. The van der Waals surface area contributed by atoms with Crippen molar-refractivity contribution >= 4 is 17.8 Å². The Balaban J connectivity index is 2.18. The van der Waals surface area contributed by atoms with Gasteiger partial charge in [0.2, 0.25) is 11.8 Å². The summed E-state index contributed by atoms with van der Waals surface area (Å²) in [6.07, 6.45) is 0.178. The van der Waals surface area contributed by atoms with E-state index in [9.17, 15) is 24.6 Å². The Bertz CT molecular complexity index is 807. The first-order valence-corrected chi connectivity index (χ1v) is 8.84. The van der Waals surface area contributed by atoms with Crippen molar-refractivity contribution in [1.29, 1.82) is 0 Å². The fourth-order valence-corrected chi connectivity index (χ4v) is 4.48. The number of phenols is 1. The molecule has 2 amide bonds. The number of hydrogen-bond donors (Lipinski definition) is 3. The number of benzene rings is 1. The number of amides is 2. The number of hydrogen-bond acceptors (Lipinski definition) is 6. The van der Waals surface area contributed by atoms with Gasteiger partial charge >= 0.3 is 5.97 Å². The monoisotopic (exact) mass is 376 g/mol. The molecule has 0 bridgehead atoms. The zero-order chi connectivity index (χ0) is 20.1. The number of nitrogens with zero attached hydrogens (tertiary/aromatic N) is 1. The zero-order valence-corrected chi connectivity index (χ0v) is 15.7. The van der Waals surface area contributed by atoms with Gasteiger partial charge in [-0.3, -0.25) is 24.6 Å². The van der Waals surface area contributed by atoms with Crippen molar-refractivity contribution < 1.29 is 29.3 Å². The van der Waals surface area contributed by atoms with Crippen molar-refractivity contribution in [3.8, 4) is 11.5 Å². The highest BCUT2D eigenvalue weighted by molar-refractivity contribution is 6.09. The summed E-state index contributed by atoms with van der Waals surface area (Å²) in [5.74, 6) is -4.06. The lowest BCUT2D eigenvalue weighted by Crippen LogP contribution is -2.56. The van der Waals surface area contributed by atoms with E-state index in [2.05, 4.69) is 5.32 Å². The standard InChI is InChI=1S/C19H24N2O6/c1-9(2)8-19(18(25)26)13-12(16(23)21(3)17(13)24)14(20-19)10-6-5-7-11(27-4)15(10)22/h5-7,9,12-14,20,22H,8H2,1-4H3,(H,25,26). The Hall–Kier alpha value is -2.61. The molecule has 8 heteroatoms. The fourth-order valence-electron chi connectivity index (χ4n) is 4.48. The Morgan fingerprint density at radius 2 is 2.00 bits per heavy atom. The van der Waals surface area contributed by atoms with Crippen molar-refractivity contribution in [2.24, 2.45) is 17.8 Å². The molecule has 0 aromatic heterocycles. The smallest absolute Gasteiger partial charge is 0.324 e. The topological polar surface area (TPSA) is 116 Å². The Morgan fingerprint density at radius 1 is 1.33 bits per heavy atom. The summed E-state index contributed by atoms with van der Waals surface area (Å²) in [5, 5.41) is 23.7. The van der Waals surface area contributed by atoms with Gasteiger partial charge in [0, 0.05) is 18.7 Å². The maximum atomic E-state index is 12.8. The number of carboxylic acids is 1. The number of aromatic hydroxyl groups is 1. The van der Waals surface area contributed by atoms with Gasteiger partial charge in [-0.1, -0.05) is 26.0 Å². The van der Waals surface area contributed by atoms with Gasteiger partial charge in [0.05, 0.1) is 18.9 Å². The highest BCUT2D eigenvalue weighted by atomic mass is 16.5. The molecule has 2 aliphatic rings. The molecule has 2 fully saturated rings. The van der Waals surface area contributed by atoms with E-state index in [0.717, 1.165) is 4.90 Å². The Labute approximate surface area is 157 Å². The predicted octanol–water partition coefficient (Wildman–Crippen LogP) is 1.15. The molecule has 27 heavy (non-hydrogen) atoms. The van der Waals surface area contributed by atoms with Gasteiger partial charge in [-0.25, -0.2) is 0 Å². The molecular formula is C19H24N2O6. The van der Waals surface area contributed by atoms with Crippen LogP contribution in [0.4, 0.5) is 0 Å². The molecule has 0 spiro atoms. The quantitative estimate of drug-likeness (QED) is 0.660. The number of carbonyl (C=O) groups excluding carboxylic acids is 2. The second kappa shape index (κ2) is 6.53. The largest absolute Gasteiger partial charge is 0.504 e. The summed E-state index contributed by atoms with van der Waals surface area (Å²) in [7, 11) is 2.77. The van der Waals surface area contributed by atoms with E-state index in [1.165, 1.54) is 14.2 Å². The summed E-state index contributed by atoms with van der Waals surface area (Å²) < 4.78 is 5.13. The van der Waals surface area contributed by atoms with E-state index in [1.54, 1.807) is 18.2 Å². The third-order valence-electron chi connectivity index (χ3n) is 5.57. The molecule has 0 saturated carbocycles. The molecule has 1 aromatic rings. The summed E-state index contributed by atoms with van der Waals surface area (Å²) in [5.41, 5.74) is -1.25. The van der Waals surface area contributed by atoms with Crippen LogP contribution in [0.15, 0.2) is 18.2 Å². The van der Waals surface area contributed by atoms with E-state index in [4.69, 9.17) is 4.74 Å².